The van der Waals surface area contributed by atoms with Gasteiger partial charge in [-0.2, -0.15) is 0 Å². The van der Waals surface area contributed by atoms with Gasteiger partial charge in [0.1, 0.15) is 35.2 Å². The van der Waals surface area contributed by atoms with Gasteiger partial charge in [-0.3, -0.25) is 4.79 Å². The van der Waals surface area contributed by atoms with E-state index in [1.165, 1.54) is 7.11 Å². The Kier molecular flexibility index (Phi) is 4.52. The van der Waals surface area contributed by atoms with Crippen molar-refractivity contribution in [2.75, 3.05) is 33.7 Å². The van der Waals surface area contributed by atoms with Gasteiger partial charge in [-0.05, 0) is 23.8 Å². The van der Waals surface area contributed by atoms with Gasteiger partial charge in [0.25, 0.3) is 0 Å². The molecule has 1 heterocycles. The monoisotopic (exact) mass is 341 g/mol. The fourth-order valence-electron chi connectivity index (χ4n) is 2.71. The second kappa shape index (κ2) is 6.76. The summed E-state index contributed by atoms with van der Waals surface area (Å²) in [6.45, 7) is 0.161. The minimum Gasteiger partial charge on any atom is -0.496 e. The molecule has 130 valence electrons. The van der Waals surface area contributed by atoms with Crippen molar-refractivity contribution in [1.82, 2.24) is 0 Å². The molecule has 25 heavy (non-hydrogen) atoms. The van der Waals surface area contributed by atoms with Gasteiger partial charge in [0.05, 0.1) is 27.0 Å². The maximum atomic E-state index is 12.9. The molecule has 0 unspecified atom stereocenters. The maximum absolute atomic E-state index is 12.9. The van der Waals surface area contributed by atoms with Gasteiger partial charge in [0.15, 0.2) is 5.78 Å². The van der Waals surface area contributed by atoms with E-state index in [-0.39, 0.29) is 12.4 Å². The van der Waals surface area contributed by atoms with Gasteiger partial charge >= 0.3 is 0 Å². The minimum atomic E-state index is -0.143. The highest BCUT2D eigenvalue weighted by Gasteiger charge is 2.28. The third-order valence-electron chi connectivity index (χ3n) is 3.99. The zero-order valence-corrected chi connectivity index (χ0v) is 14.3. The highest BCUT2D eigenvalue weighted by molar-refractivity contribution is 6.15. The van der Waals surface area contributed by atoms with E-state index in [0.29, 0.717) is 39.8 Å². The number of hydrogen-bond donors (Lipinski definition) is 1. The molecule has 0 saturated heterocycles. The second-order valence-corrected chi connectivity index (χ2v) is 5.49. The predicted octanol–water partition coefficient (Wildman–Crippen LogP) is 2.95. The van der Waals surface area contributed by atoms with Crippen molar-refractivity contribution >= 4 is 17.5 Å². The Balaban J connectivity index is 2.00. The summed E-state index contributed by atoms with van der Waals surface area (Å²) >= 11 is 0. The molecule has 2 aromatic rings. The molecule has 1 aliphatic rings. The molecule has 0 aliphatic carbocycles. The summed E-state index contributed by atoms with van der Waals surface area (Å²) in [6.07, 6.45) is 1.75. The minimum absolute atomic E-state index is 0.143. The topological polar surface area (TPSA) is 80.0 Å². The lowest BCUT2D eigenvalue weighted by Crippen LogP contribution is -2.20. The largest absolute Gasteiger partial charge is 0.496 e. The molecular formula is C19H19NO5. The first-order chi connectivity index (χ1) is 12.1. The Bertz CT molecular complexity index is 840. The second-order valence-electron chi connectivity index (χ2n) is 5.49. The molecular weight excluding hydrogens is 322 g/mol. The van der Waals surface area contributed by atoms with Crippen molar-refractivity contribution in [1.29, 1.82) is 0 Å². The predicted molar refractivity (Wildman–Crippen MR) is 94.8 cm³/mol. The normalized spacial score (nSPS) is 14.7. The van der Waals surface area contributed by atoms with Gasteiger partial charge in [-0.15, -0.1) is 0 Å². The molecule has 0 aromatic heterocycles. The average molecular weight is 341 g/mol. The molecule has 0 spiro atoms. The summed E-state index contributed by atoms with van der Waals surface area (Å²) in [4.78, 5) is 12.9. The van der Waals surface area contributed by atoms with E-state index in [1.807, 2.05) is 6.07 Å². The number of ketones is 1. The van der Waals surface area contributed by atoms with Crippen LogP contribution in [0, 0.1) is 0 Å². The Morgan fingerprint density at radius 1 is 1.04 bits per heavy atom. The van der Waals surface area contributed by atoms with Crippen LogP contribution in [0.2, 0.25) is 0 Å². The van der Waals surface area contributed by atoms with Crippen LogP contribution < -0.4 is 24.7 Å². The summed E-state index contributed by atoms with van der Waals surface area (Å²) in [5.41, 5.74) is 8.12. The van der Waals surface area contributed by atoms with Gasteiger partial charge in [-0.1, -0.05) is 6.07 Å². The fourth-order valence-corrected chi connectivity index (χ4v) is 2.71. The summed E-state index contributed by atoms with van der Waals surface area (Å²) in [6, 6.07) is 8.68. The third kappa shape index (κ3) is 3.10. The van der Waals surface area contributed by atoms with Crippen LogP contribution in [-0.2, 0) is 0 Å². The Morgan fingerprint density at radius 2 is 1.80 bits per heavy atom. The molecule has 2 N–H and O–H groups in total. The molecule has 3 rings (SSSR count). The van der Waals surface area contributed by atoms with Gasteiger partial charge in [0, 0.05) is 17.7 Å². The number of ether oxygens (including phenoxy) is 4. The number of anilines is 1. The quantitative estimate of drug-likeness (QED) is 0.680. The molecule has 0 saturated carbocycles. The molecule has 6 heteroatoms. The molecule has 0 atom stereocenters. The lowest BCUT2D eigenvalue weighted by molar-refractivity contribution is 0.0997. The zero-order valence-electron chi connectivity index (χ0n) is 14.3. The van der Waals surface area contributed by atoms with E-state index < -0.39 is 0 Å². The lowest BCUT2D eigenvalue weighted by atomic mass is 9.97. The van der Waals surface area contributed by atoms with E-state index in [9.17, 15) is 4.79 Å². The Hall–Kier alpha value is -3.15. The average Bonchev–Trinajstić information content (AvgIpc) is 2.63. The number of benzene rings is 2. The van der Waals surface area contributed by atoms with Crippen LogP contribution in [0.3, 0.4) is 0 Å². The third-order valence-corrected chi connectivity index (χ3v) is 3.99. The number of methoxy groups -OCH3 is 3. The maximum Gasteiger partial charge on any atom is 0.199 e. The number of hydrogen-bond acceptors (Lipinski definition) is 6. The molecule has 2 aromatic carbocycles. The highest BCUT2D eigenvalue weighted by Crippen LogP contribution is 2.39. The van der Waals surface area contributed by atoms with Crippen LogP contribution in [0.15, 0.2) is 35.9 Å². The standard InChI is InChI=1S/C19H19NO5/c1-22-13-8-16(24-3)18-17(9-13)25-10-12(19(18)21)6-11-4-5-15(23-2)14(20)7-11/h4-9H,10,20H2,1-3H3/b12-6+. The number of carbonyl (C=O) groups excluding carboxylic acids is 1. The van der Waals surface area contributed by atoms with Gasteiger partial charge < -0.3 is 24.7 Å². The first kappa shape index (κ1) is 16.7. The lowest BCUT2D eigenvalue weighted by Gasteiger charge is -2.21. The van der Waals surface area contributed by atoms with Crippen molar-refractivity contribution in [2.24, 2.45) is 0 Å². The van der Waals surface area contributed by atoms with Crippen LogP contribution in [0.5, 0.6) is 23.0 Å². The van der Waals surface area contributed by atoms with Crippen LogP contribution in [-0.4, -0.2) is 33.7 Å². The van der Waals surface area contributed by atoms with Gasteiger partial charge in [-0.25, -0.2) is 0 Å². The van der Waals surface area contributed by atoms with E-state index in [0.717, 1.165) is 5.56 Å². The molecule has 1 aliphatic heterocycles. The summed E-state index contributed by atoms with van der Waals surface area (Å²) in [5.74, 6) is 1.88. The number of carbonyl (C=O) groups is 1. The Morgan fingerprint density at radius 3 is 2.44 bits per heavy atom. The van der Waals surface area contributed by atoms with Crippen LogP contribution in [0.1, 0.15) is 15.9 Å². The van der Waals surface area contributed by atoms with Crippen molar-refractivity contribution < 1.29 is 23.7 Å². The van der Waals surface area contributed by atoms with Gasteiger partial charge in [0.2, 0.25) is 0 Å². The molecule has 0 amide bonds. The molecule has 0 bridgehead atoms. The van der Waals surface area contributed by atoms with Crippen LogP contribution >= 0.6 is 0 Å². The fraction of sp³-hybridized carbons (Fsp3) is 0.211. The van der Waals surface area contributed by atoms with Crippen molar-refractivity contribution in [3.05, 3.63) is 47.0 Å². The summed E-state index contributed by atoms with van der Waals surface area (Å²) < 4.78 is 21.4. The van der Waals surface area contributed by atoms with Crippen molar-refractivity contribution in [3.8, 4) is 23.0 Å². The van der Waals surface area contributed by atoms with Crippen molar-refractivity contribution in [3.63, 3.8) is 0 Å². The number of nitrogen functional groups attached to an aromatic ring is 1. The zero-order chi connectivity index (χ0) is 18.0. The highest BCUT2D eigenvalue weighted by atomic mass is 16.5. The molecule has 0 fully saturated rings. The SMILES string of the molecule is COc1cc(OC)c2c(c1)OC/C(=C\c1ccc(OC)c(N)c1)C2=O. The number of rotatable bonds is 4. The number of Topliss-reactive ketones (excluding diaryl/α,β-unsaturated/α-hetero) is 1. The first-order valence-electron chi connectivity index (χ1n) is 7.65. The van der Waals surface area contributed by atoms with Crippen LogP contribution in [0.4, 0.5) is 5.69 Å². The van der Waals surface area contributed by atoms with E-state index in [4.69, 9.17) is 24.7 Å². The summed E-state index contributed by atoms with van der Waals surface area (Å²) in [5, 5.41) is 0. The summed E-state index contributed by atoms with van der Waals surface area (Å²) in [7, 11) is 4.61. The first-order valence-corrected chi connectivity index (χ1v) is 7.65. The van der Waals surface area contributed by atoms with E-state index in [1.54, 1.807) is 44.6 Å². The van der Waals surface area contributed by atoms with Crippen molar-refractivity contribution in [2.45, 2.75) is 0 Å². The number of fused-ring (bicyclic) bond motifs is 1. The number of nitrogens with two attached hydrogens (primary N) is 1. The molecule has 0 radical (unpaired) electrons. The van der Waals surface area contributed by atoms with Crippen LogP contribution in [0.25, 0.3) is 6.08 Å². The smallest absolute Gasteiger partial charge is 0.199 e. The van der Waals surface area contributed by atoms with E-state index >= 15 is 0 Å². The molecule has 6 nitrogen and oxygen atoms in total. The van der Waals surface area contributed by atoms with E-state index in [2.05, 4.69) is 0 Å². The Labute approximate surface area is 145 Å².